The molecule has 0 spiro atoms. The van der Waals surface area contributed by atoms with Crippen LogP contribution in [-0.4, -0.2) is 40.4 Å². The van der Waals surface area contributed by atoms with Gasteiger partial charge in [0.2, 0.25) is 4.99 Å². The molecule has 1 aliphatic rings. The van der Waals surface area contributed by atoms with Gasteiger partial charge in [0.1, 0.15) is 0 Å². The van der Waals surface area contributed by atoms with Gasteiger partial charge in [0.15, 0.2) is 4.34 Å². The summed E-state index contributed by atoms with van der Waals surface area (Å²) in [5.74, 6) is 0. The molecule has 126 valence electrons. The number of rotatable bonds is 7. The van der Waals surface area contributed by atoms with E-state index in [1.807, 2.05) is 14.1 Å². The van der Waals surface area contributed by atoms with Crippen molar-refractivity contribution in [3.8, 4) is 0 Å². The lowest BCUT2D eigenvalue weighted by molar-refractivity contribution is -0.384. The van der Waals surface area contributed by atoms with Gasteiger partial charge in [0, 0.05) is 18.6 Å². The molecule has 0 aliphatic carbocycles. The van der Waals surface area contributed by atoms with Gasteiger partial charge in [0.05, 0.1) is 15.1 Å². The normalized spacial score (nSPS) is 15.6. The molecule has 9 nitrogen and oxygen atoms in total. The Morgan fingerprint density at radius 1 is 1.33 bits per heavy atom. The minimum Gasteiger partial charge on any atom is -0.309 e. The molecule has 2 aromatic rings. The van der Waals surface area contributed by atoms with Crippen LogP contribution in [0, 0.1) is 10.1 Å². The van der Waals surface area contributed by atoms with E-state index < -0.39 is 9.92 Å². The highest BCUT2D eigenvalue weighted by Crippen LogP contribution is 2.44. The van der Waals surface area contributed by atoms with Gasteiger partial charge >= 0.3 is 0 Å². The topological polar surface area (TPSA) is 109 Å². The fourth-order valence-electron chi connectivity index (χ4n) is 2.21. The first-order valence-corrected chi connectivity index (χ1v) is 8.83. The summed E-state index contributed by atoms with van der Waals surface area (Å²) >= 11 is 2.78. The van der Waals surface area contributed by atoms with Crippen molar-refractivity contribution in [2.75, 3.05) is 20.6 Å². The van der Waals surface area contributed by atoms with Crippen molar-refractivity contribution in [1.29, 1.82) is 0 Å². The van der Waals surface area contributed by atoms with Crippen molar-refractivity contribution < 1.29 is 4.92 Å². The smallest absolute Gasteiger partial charge is 0.270 e. The van der Waals surface area contributed by atoms with Crippen LogP contribution in [0.2, 0.25) is 0 Å². The number of hydrogen-bond donors (Lipinski definition) is 0. The predicted octanol–water partition coefficient (Wildman–Crippen LogP) is 4.13. The fraction of sp³-hybridized carbons (Fsp3) is 0.462. The molecule has 24 heavy (non-hydrogen) atoms. The van der Waals surface area contributed by atoms with Crippen LogP contribution in [0.4, 0.5) is 5.69 Å². The Bertz CT molecular complexity index is 806. The third-order valence-electron chi connectivity index (χ3n) is 3.36. The van der Waals surface area contributed by atoms with Crippen molar-refractivity contribution >= 4 is 39.0 Å². The number of nitro benzene ring substituents is 1. The van der Waals surface area contributed by atoms with Crippen LogP contribution in [0.5, 0.6) is 0 Å². The minimum absolute atomic E-state index is 0.0589. The first kappa shape index (κ1) is 16.9. The molecule has 0 bridgehead atoms. The number of thioether (sulfide) groups is 1. The van der Waals surface area contributed by atoms with Gasteiger partial charge in [0.25, 0.3) is 5.69 Å². The molecule has 0 unspecified atom stereocenters. The quantitative estimate of drug-likeness (QED) is 0.541. The molecule has 0 radical (unpaired) electrons. The van der Waals surface area contributed by atoms with Gasteiger partial charge in [-0.3, -0.25) is 10.1 Å². The number of nitrogens with zero attached hydrogens (tertiary/aromatic N) is 7. The SMILES string of the molecule is CN(C)CCCC1(Sc2nc3ccc([N+](=O)[O-])cc3s2)N=NN=N1. The van der Waals surface area contributed by atoms with E-state index in [4.69, 9.17) is 0 Å². The molecule has 11 heteroatoms. The zero-order valence-electron chi connectivity index (χ0n) is 13.1. The van der Waals surface area contributed by atoms with E-state index in [-0.39, 0.29) is 5.69 Å². The maximum atomic E-state index is 10.9. The van der Waals surface area contributed by atoms with Gasteiger partial charge in [-0.05, 0) is 55.3 Å². The maximum absolute atomic E-state index is 10.9. The standard InChI is InChI=1S/C13H15N7O2S2/c1-19(2)7-3-6-13(15-17-18-16-13)24-12-14-10-5-4-9(20(21)22)8-11(10)23-12/h4-5,8H,3,6-7H2,1-2H3. The van der Waals surface area contributed by atoms with Crippen molar-refractivity contribution in [2.24, 2.45) is 20.7 Å². The second-order valence-corrected chi connectivity index (χ2v) is 8.05. The maximum Gasteiger partial charge on any atom is 0.270 e. The summed E-state index contributed by atoms with van der Waals surface area (Å²) in [5, 5.41) is 26.5. The molecule has 0 amide bonds. The highest BCUT2D eigenvalue weighted by Gasteiger charge is 2.35. The summed E-state index contributed by atoms with van der Waals surface area (Å²) in [5.41, 5.74) is 0.784. The number of aromatic nitrogens is 1. The van der Waals surface area contributed by atoms with Gasteiger partial charge in [-0.2, -0.15) is 0 Å². The summed E-state index contributed by atoms with van der Waals surface area (Å²) in [6.45, 7) is 0.916. The lowest BCUT2D eigenvalue weighted by Crippen LogP contribution is -2.20. The Balaban J connectivity index is 1.80. The van der Waals surface area contributed by atoms with E-state index in [1.54, 1.807) is 6.07 Å². The molecule has 0 saturated heterocycles. The number of benzene rings is 1. The minimum atomic E-state index is -0.782. The van der Waals surface area contributed by atoms with E-state index in [0.29, 0.717) is 6.42 Å². The molecule has 3 rings (SSSR count). The van der Waals surface area contributed by atoms with Crippen molar-refractivity contribution in [2.45, 2.75) is 22.2 Å². The van der Waals surface area contributed by atoms with E-state index in [9.17, 15) is 10.1 Å². The molecule has 0 N–H and O–H groups in total. The number of nitro groups is 1. The summed E-state index contributed by atoms with van der Waals surface area (Å²) in [6, 6.07) is 4.65. The molecule has 0 saturated carbocycles. The molecular weight excluding hydrogens is 350 g/mol. The number of hydrogen-bond acceptors (Lipinski definition) is 10. The van der Waals surface area contributed by atoms with E-state index in [1.165, 1.54) is 35.2 Å². The molecule has 1 aromatic heterocycles. The fourth-order valence-corrected chi connectivity index (χ4v) is 4.60. The summed E-state index contributed by atoms with van der Waals surface area (Å²) in [7, 11) is 4.02. The van der Waals surface area contributed by atoms with Crippen LogP contribution < -0.4 is 0 Å². The Morgan fingerprint density at radius 2 is 2.08 bits per heavy atom. The van der Waals surface area contributed by atoms with Crippen LogP contribution in [0.25, 0.3) is 10.2 Å². The van der Waals surface area contributed by atoms with Crippen LogP contribution in [0.3, 0.4) is 0 Å². The Kier molecular flexibility index (Phi) is 4.83. The second kappa shape index (κ2) is 6.87. The van der Waals surface area contributed by atoms with Gasteiger partial charge < -0.3 is 4.90 Å². The van der Waals surface area contributed by atoms with E-state index >= 15 is 0 Å². The van der Waals surface area contributed by atoms with Crippen molar-refractivity contribution in [1.82, 2.24) is 9.88 Å². The molecular formula is C13H15N7O2S2. The van der Waals surface area contributed by atoms with Crippen LogP contribution >= 0.6 is 23.1 Å². The van der Waals surface area contributed by atoms with Crippen molar-refractivity contribution in [3.63, 3.8) is 0 Å². The van der Waals surface area contributed by atoms with Crippen LogP contribution in [-0.2, 0) is 0 Å². The number of thiazole rings is 1. The molecule has 0 fully saturated rings. The monoisotopic (exact) mass is 365 g/mol. The third-order valence-corrected chi connectivity index (χ3v) is 5.64. The average Bonchev–Trinajstić information content (AvgIpc) is 3.12. The van der Waals surface area contributed by atoms with Gasteiger partial charge in [-0.15, -0.1) is 21.6 Å². The summed E-state index contributed by atoms with van der Waals surface area (Å²) in [4.78, 5) is 16.3. The predicted molar refractivity (Wildman–Crippen MR) is 92.4 cm³/mol. The second-order valence-electron chi connectivity index (χ2n) is 5.52. The first-order valence-electron chi connectivity index (χ1n) is 7.20. The Hall–Kier alpha value is -1.98. The molecule has 1 aliphatic heterocycles. The molecule has 2 heterocycles. The number of non-ortho nitro benzene ring substituents is 1. The lowest BCUT2D eigenvalue weighted by atomic mass is 10.2. The summed E-state index contributed by atoms with van der Waals surface area (Å²) < 4.78 is 1.51. The number of fused-ring (bicyclic) bond motifs is 1. The van der Waals surface area contributed by atoms with Crippen LogP contribution in [0.15, 0.2) is 43.2 Å². The highest BCUT2D eigenvalue weighted by atomic mass is 32.2. The van der Waals surface area contributed by atoms with Gasteiger partial charge in [-0.1, -0.05) is 0 Å². The molecule has 1 aromatic carbocycles. The largest absolute Gasteiger partial charge is 0.309 e. The Morgan fingerprint density at radius 3 is 2.75 bits per heavy atom. The van der Waals surface area contributed by atoms with E-state index in [2.05, 4.69) is 30.6 Å². The van der Waals surface area contributed by atoms with Crippen molar-refractivity contribution in [3.05, 3.63) is 28.3 Å². The van der Waals surface area contributed by atoms with Crippen LogP contribution in [0.1, 0.15) is 12.8 Å². The van der Waals surface area contributed by atoms with Gasteiger partial charge in [-0.25, -0.2) is 4.98 Å². The first-order chi connectivity index (χ1) is 11.5. The zero-order chi connectivity index (χ0) is 17.2. The third kappa shape index (κ3) is 3.74. The zero-order valence-corrected chi connectivity index (χ0v) is 14.7. The summed E-state index contributed by atoms with van der Waals surface area (Å²) in [6.07, 6.45) is 1.59. The lowest BCUT2D eigenvalue weighted by Gasteiger charge is -2.18. The Labute approximate surface area is 146 Å². The van der Waals surface area contributed by atoms with E-state index in [0.717, 1.165) is 27.5 Å². The highest BCUT2D eigenvalue weighted by molar-refractivity contribution is 8.02. The molecule has 0 atom stereocenters. The average molecular weight is 365 g/mol.